The van der Waals surface area contributed by atoms with Gasteiger partial charge in [-0.05, 0) is 86.8 Å². The number of nitrogens with zero attached hydrogens (tertiary/aromatic N) is 10. The van der Waals surface area contributed by atoms with Crippen LogP contribution in [-0.2, 0) is 20.9 Å². The van der Waals surface area contributed by atoms with E-state index >= 15 is 0 Å². The molecule has 3 amide bonds. The smallest absolute Gasteiger partial charge is 0.275 e. The van der Waals surface area contributed by atoms with Gasteiger partial charge in [0.2, 0.25) is 11.8 Å². The van der Waals surface area contributed by atoms with Gasteiger partial charge in [-0.1, -0.05) is 18.2 Å². The third kappa shape index (κ3) is 9.90. The van der Waals surface area contributed by atoms with Gasteiger partial charge in [0.05, 0.1) is 43.2 Å². The van der Waals surface area contributed by atoms with Gasteiger partial charge in [-0.2, -0.15) is 10.2 Å². The van der Waals surface area contributed by atoms with Gasteiger partial charge >= 0.3 is 0 Å². The average molecular weight is 870 g/mol. The van der Waals surface area contributed by atoms with E-state index in [2.05, 4.69) is 40.2 Å². The minimum Gasteiger partial charge on any atom is -0.490 e. The fourth-order valence-corrected chi connectivity index (χ4v) is 9.48. The molecule has 4 fully saturated rings. The van der Waals surface area contributed by atoms with Crippen LogP contribution in [0, 0.1) is 18.8 Å². The van der Waals surface area contributed by atoms with Crippen LogP contribution in [0.3, 0.4) is 0 Å². The van der Waals surface area contributed by atoms with E-state index in [1.807, 2.05) is 54.3 Å². The van der Waals surface area contributed by atoms with Crippen LogP contribution in [0.25, 0.3) is 22.2 Å². The minimum atomic E-state index is -0.786. The lowest BCUT2D eigenvalue weighted by molar-refractivity contribution is -0.136. The van der Waals surface area contributed by atoms with Crippen molar-refractivity contribution in [3.63, 3.8) is 0 Å². The molecule has 1 unspecified atom stereocenters. The molecule has 5 aromatic rings. The topological polar surface area (TPSA) is 181 Å². The summed E-state index contributed by atoms with van der Waals surface area (Å²) < 4.78 is 8.74. The number of carbonyl (C=O) groups is 3. The molecule has 0 bridgehead atoms. The van der Waals surface area contributed by atoms with Gasteiger partial charge in [0.1, 0.15) is 6.04 Å². The molecule has 0 radical (unpaired) electrons. The third-order valence-electron chi connectivity index (χ3n) is 13.3. The van der Waals surface area contributed by atoms with Crippen LogP contribution < -0.4 is 26.1 Å². The van der Waals surface area contributed by atoms with Crippen LogP contribution in [0.5, 0.6) is 5.75 Å². The predicted octanol–water partition coefficient (Wildman–Crippen LogP) is 2.90. The number of piperidine rings is 3. The SMILES string of the molecule is Cc1nn(C2CCC(=O)NC2=O)c(=O)c2ccc(N3CCC(CN4CCN(CC(=O)N5CCC(COc6cnc(-c7cccc(Cn8ncccc8=O)c7)nc6)CC5)CC4)CC3)cc12. The van der Waals surface area contributed by atoms with E-state index in [9.17, 15) is 24.0 Å². The summed E-state index contributed by atoms with van der Waals surface area (Å²) in [6.45, 7) is 11.4. The van der Waals surface area contributed by atoms with Crippen molar-refractivity contribution < 1.29 is 19.1 Å². The van der Waals surface area contributed by atoms with E-state index in [1.54, 1.807) is 24.7 Å². The average Bonchev–Trinajstić information content (AvgIpc) is 3.31. The molecule has 9 rings (SSSR count). The largest absolute Gasteiger partial charge is 0.490 e. The fourth-order valence-electron chi connectivity index (χ4n) is 9.48. The summed E-state index contributed by atoms with van der Waals surface area (Å²) in [7, 11) is 0. The Hall–Kier alpha value is -6.33. The highest BCUT2D eigenvalue weighted by Crippen LogP contribution is 2.29. The number of nitrogens with one attached hydrogen (secondary N) is 1. The van der Waals surface area contributed by atoms with E-state index in [0.29, 0.717) is 54.2 Å². The van der Waals surface area contributed by atoms with E-state index in [-0.39, 0.29) is 35.8 Å². The van der Waals surface area contributed by atoms with Crippen molar-refractivity contribution in [1.82, 2.24) is 49.5 Å². The number of piperazine rings is 1. The maximum absolute atomic E-state index is 13.4. The minimum absolute atomic E-state index is 0.154. The molecular weight excluding hydrogens is 815 g/mol. The maximum atomic E-state index is 13.4. The molecule has 0 spiro atoms. The zero-order chi connectivity index (χ0) is 44.2. The zero-order valence-corrected chi connectivity index (χ0v) is 36.3. The highest BCUT2D eigenvalue weighted by Gasteiger charge is 2.31. The van der Waals surface area contributed by atoms with Gasteiger partial charge in [-0.25, -0.2) is 19.3 Å². The molecule has 2 aromatic carbocycles. The number of imide groups is 1. The molecule has 1 atom stereocenters. The summed E-state index contributed by atoms with van der Waals surface area (Å²) in [6.07, 6.45) is 9.40. The van der Waals surface area contributed by atoms with Crippen molar-refractivity contribution >= 4 is 34.2 Å². The normalized spacial score (nSPS) is 19.5. The van der Waals surface area contributed by atoms with Gasteiger partial charge in [-0.3, -0.25) is 34.2 Å². The second-order valence-electron chi connectivity index (χ2n) is 17.6. The van der Waals surface area contributed by atoms with E-state index in [4.69, 9.17) is 4.74 Å². The van der Waals surface area contributed by atoms with Gasteiger partial charge in [0.15, 0.2) is 11.6 Å². The third-order valence-corrected chi connectivity index (χ3v) is 13.3. The second-order valence-corrected chi connectivity index (χ2v) is 17.6. The van der Waals surface area contributed by atoms with Crippen LogP contribution in [0.4, 0.5) is 5.69 Å². The van der Waals surface area contributed by atoms with Crippen molar-refractivity contribution in [2.45, 2.75) is 58.0 Å². The van der Waals surface area contributed by atoms with Gasteiger partial charge in [-0.15, -0.1) is 0 Å². The number of hydrogen-bond acceptors (Lipinski definition) is 13. The summed E-state index contributed by atoms with van der Waals surface area (Å²) in [5.41, 5.74) is 3.05. The Morgan fingerprint density at radius 1 is 0.797 bits per heavy atom. The molecule has 17 heteroatoms. The van der Waals surface area contributed by atoms with Crippen molar-refractivity contribution in [1.29, 1.82) is 0 Å². The first-order valence-electron chi connectivity index (χ1n) is 22.5. The standard InChI is InChI=1S/C47H55N11O6/c1-32-40-25-37(7-8-39(40)47(63)58(52-32)41-9-10-42(59)51-46(41)62)55-16-11-33(12-17-55)28-53-20-22-54(23-21-53)30-44(61)56-18-13-34(14-19-56)31-64-38-26-48-45(49-27-38)36-5-2-4-35(24-36)29-57-43(60)6-3-15-50-57/h2-8,15,24-27,33-34,41H,9-14,16-23,28-31H2,1H3,(H,51,59,62). The van der Waals surface area contributed by atoms with E-state index < -0.39 is 11.9 Å². The molecule has 4 saturated heterocycles. The summed E-state index contributed by atoms with van der Waals surface area (Å²) in [6, 6.07) is 16.0. The molecule has 1 N–H and O–H groups in total. The molecule has 17 nitrogen and oxygen atoms in total. The Kier molecular flexibility index (Phi) is 12.9. The highest BCUT2D eigenvalue weighted by molar-refractivity contribution is 5.99. The lowest BCUT2D eigenvalue weighted by Gasteiger charge is -2.40. The number of rotatable bonds is 12. The quantitative estimate of drug-likeness (QED) is 0.181. The van der Waals surface area contributed by atoms with Gasteiger partial charge < -0.3 is 19.4 Å². The Morgan fingerprint density at radius 3 is 2.30 bits per heavy atom. The molecule has 4 aliphatic heterocycles. The number of amides is 3. The lowest BCUT2D eigenvalue weighted by Crippen LogP contribution is -2.52. The number of carbonyl (C=O) groups excluding carboxylic acids is 3. The number of likely N-dealkylation sites (tertiary alicyclic amines) is 1. The number of benzene rings is 2. The number of aryl methyl sites for hydroxylation is 1. The molecule has 3 aromatic heterocycles. The maximum Gasteiger partial charge on any atom is 0.275 e. The van der Waals surface area contributed by atoms with Gasteiger partial charge in [0.25, 0.3) is 17.0 Å². The first kappa shape index (κ1) is 42.9. The van der Waals surface area contributed by atoms with Crippen molar-refractivity contribution in [3.8, 4) is 17.1 Å². The summed E-state index contributed by atoms with van der Waals surface area (Å²) in [4.78, 5) is 81.3. The Labute approximate surface area is 371 Å². The molecule has 0 aliphatic carbocycles. The fraction of sp³-hybridized carbons (Fsp3) is 0.468. The number of anilines is 1. The molecular formula is C47H55N11O6. The number of hydrogen-bond donors (Lipinski definition) is 1. The summed E-state index contributed by atoms with van der Waals surface area (Å²) >= 11 is 0. The van der Waals surface area contributed by atoms with Crippen molar-refractivity contribution in [2.24, 2.45) is 11.8 Å². The number of aromatic nitrogens is 6. The molecule has 0 saturated carbocycles. The van der Waals surface area contributed by atoms with Crippen molar-refractivity contribution in [3.05, 3.63) is 105 Å². The first-order chi connectivity index (χ1) is 31.1. The Balaban J connectivity index is 0.671. The van der Waals surface area contributed by atoms with Crippen LogP contribution >= 0.6 is 0 Å². The number of ether oxygens (including phenoxy) is 1. The summed E-state index contributed by atoms with van der Waals surface area (Å²) in [5.74, 6) is 1.55. The highest BCUT2D eigenvalue weighted by atomic mass is 16.5. The Bertz CT molecular complexity index is 2610. The van der Waals surface area contributed by atoms with Crippen LogP contribution in [0.1, 0.15) is 55.8 Å². The van der Waals surface area contributed by atoms with E-state index in [1.165, 1.54) is 15.4 Å². The molecule has 64 heavy (non-hydrogen) atoms. The zero-order valence-electron chi connectivity index (χ0n) is 36.3. The number of fused-ring (bicyclic) bond motifs is 1. The van der Waals surface area contributed by atoms with Crippen LogP contribution in [0.15, 0.2) is 82.8 Å². The van der Waals surface area contributed by atoms with Crippen molar-refractivity contribution in [2.75, 3.05) is 77.0 Å². The van der Waals surface area contributed by atoms with E-state index in [0.717, 1.165) is 107 Å². The monoisotopic (exact) mass is 869 g/mol. The van der Waals surface area contributed by atoms with Gasteiger partial charge in [0, 0.05) is 94.2 Å². The second kappa shape index (κ2) is 19.2. The first-order valence-corrected chi connectivity index (χ1v) is 22.5. The molecule has 334 valence electrons. The van der Waals surface area contributed by atoms with Crippen LogP contribution in [0.2, 0.25) is 0 Å². The summed E-state index contributed by atoms with van der Waals surface area (Å²) in [5, 5.41) is 12.3. The molecule has 4 aliphatic rings. The lowest BCUT2D eigenvalue weighted by atomic mass is 9.95. The molecule has 7 heterocycles. The Morgan fingerprint density at radius 2 is 1.55 bits per heavy atom. The van der Waals surface area contributed by atoms with Crippen LogP contribution in [-0.4, -0.2) is 134 Å². The predicted molar refractivity (Wildman–Crippen MR) is 240 cm³/mol.